The van der Waals surface area contributed by atoms with Gasteiger partial charge in [0.05, 0.1) is 6.54 Å². The van der Waals surface area contributed by atoms with E-state index in [1.807, 2.05) is 12.4 Å². The Morgan fingerprint density at radius 3 is 2.86 bits per heavy atom. The van der Waals surface area contributed by atoms with Crippen LogP contribution < -0.4 is 10.6 Å². The van der Waals surface area contributed by atoms with Crippen molar-refractivity contribution in [2.45, 2.75) is 6.42 Å². The normalized spacial score (nSPS) is 9.43. The van der Waals surface area contributed by atoms with E-state index < -0.39 is 0 Å². The van der Waals surface area contributed by atoms with E-state index in [-0.39, 0.29) is 0 Å². The standard InChI is InChI=1S/C5H14N2/c1-6-4-3-5-7-2/h7H,1,3-6H2,2H3. The van der Waals surface area contributed by atoms with Gasteiger partial charge in [-0.3, -0.25) is 0 Å². The Balaban J connectivity index is 2.45. The Morgan fingerprint density at radius 2 is 2.43 bits per heavy atom. The first kappa shape index (κ1) is 6.92. The molecule has 0 unspecified atom stereocenters. The molecule has 0 aromatic rings. The molecule has 44 valence electrons. The molecule has 0 fully saturated rings. The topological polar surface area (TPSA) is 28.6 Å². The Bertz CT molecular complexity index is 25.3. The van der Waals surface area contributed by atoms with Crippen molar-refractivity contribution in [2.24, 2.45) is 0 Å². The van der Waals surface area contributed by atoms with E-state index >= 15 is 0 Å². The summed E-state index contributed by atoms with van der Waals surface area (Å²) in [6.45, 7) is 2.23. The maximum Gasteiger partial charge on any atom is 0.0527 e. The van der Waals surface area contributed by atoms with Gasteiger partial charge in [0.2, 0.25) is 0 Å². The van der Waals surface area contributed by atoms with E-state index in [2.05, 4.69) is 12.4 Å². The van der Waals surface area contributed by atoms with E-state index in [0.717, 1.165) is 13.1 Å². The average molecular weight is 102 g/mol. The van der Waals surface area contributed by atoms with Gasteiger partial charge < -0.3 is 10.6 Å². The number of rotatable bonds is 4. The predicted octanol–water partition coefficient (Wildman–Crippen LogP) is -1.05. The summed E-state index contributed by atoms with van der Waals surface area (Å²) in [4.78, 5) is 0. The van der Waals surface area contributed by atoms with E-state index in [1.54, 1.807) is 0 Å². The van der Waals surface area contributed by atoms with Crippen molar-refractivity contribution < 1.29 is 5.32 Å². The van der Waals surface area contributed by atoms with Crippen LogP contribution in [0.15, 0.2) is 0 Å². The van der Waals surface area contributed by atoms with Crippen LogP contribution >= 0.6 is 0 Å². The lowest BCUT2D eigenvalue weighted by atomic mass is 10.4. The lowest BCUT2D eigenvalue weighted by Gasteiger charge is -1.97. The molecule has 0 rings (SSSR count). The minimum absolute atomic E-state index is 1.10. The van der Waals surface area contributed by atoms with Crippen LogP contribution in [0.1, 0.15) is 6.42 Å². The fourth-order valence-electron chi connectivity index (χ4n) is 0.423. The van der Waals surface area contributed by atoms with Crippen LogP contribution in [0, 0.1) is 7.05 Å². The molecule has 0 aliphatic heterocycles. The van der Waals surface area contributed by atoms with Gasteiger partial charge in [0, 0.05) is 13.0 Å². The fourth-order valence-corrected chi connectivity index (χ4v) is 0.423. The minimum Gasteiger partial charge on any atom is -0.479 e. The number of nitrogens with one attached hydrogen (secondary N) is 1. The number of hydrogen-bond donors (Lipinski definition) is 2. The zero-order valence-corrected chi connectivity index (χ0v) is 4.91. The lowest BCUT2D eigenvalue weighted by Crippen LogP contribution is -2.77. The van der Waals surface area contributed by atoms with E-state index in [9.17, 15) is 0 Å². The average Bonchev–Trinajstić information content (AvgIpc) is 1.69. The number of quaternary nitrogens is 1. The third-order valence-corrected chi connectivity index (χ3v) is 0.835. The first-order valence-electron chi connectivity index (χ1n) is 2.67. The first-order valence-corrected chi connectivity index (χ1v) is 2.67. The van der Waals surface area contributed by atoms with Crippen LogP contribution in [0.2, 0.25) is 0 Å². The van der Waals surface area contributed by atoms with Gasteiger partial charge in [-0.15, -0.1) is 0 Å². The third kappa shape index (κ3) is 5.92. The molecule has 0 amide bonds. The summed E-state index contributed by atoms with van der Waals surface area (Å²) in [6, 6.07) is 0. The van der Waals surface area contributed by atoms with Crippen molar-refractivity contribution in [3.63, 3.8) is 0 Å². The predicted molar refractivity (Wildman–Crippen MR) is 30.7 cm³/mol. The van der Waals surface area contributed by atoms with Gasteiger partial charge in [-0.05, 0) is 7.05 Å². The SMILES string of the molecule is [CH2-][NH2+]CCCNC. The van der Waals surface area contributed by atoms with Gasteiger partial charge in [-0.25, -0.2) is 0 Å². The van der Waals surface area contributed by atoms with Crippen LogP contribution in [0.4, 0.5) is 0 Å². The maximum absolute atomic E-state index is 3.60. The molecule has 7 heavy (non-hydrogen) atoms. The van der Waals surface area contributed by atoms with Crippen molar-refractivity contribution >= 4 is 0 Å². The van der Waals surface area contributed by atoms with Crippen molar-refractivity contribution in [2.75, 3.05) is 20.1 Å². The van der Waals surface area contributed by atoms with Crippen LogP contribution in [-0.2, 0) is 0 Å². The highest BCUT2D eigenvalue weighted by molar-refractivity contribution is 4.34. The highest BCUT2D eigenvalue weighted by Crippen LogP contribution is 1.62. The summed E-state index contributed by atoms with van der Waals surface area (Å²) in [5.74, 6) is 0. The Kier molecular flexibility index (Phi) is 5.85. The fraction of sp³-hybridized carbons (Fsp3) is 0.800. The van der Waals surface area contributed by atoms with Gasteiger partial charge in [0.15, 0.2) is 0 Å². The zero-order chi connectivity index (χ0) is 5.54. The van der Waals surface area contributed by atoms with Crippen LogP contribution in [0.25, 0.3) is 0 Å². The second-order valence-electron chi connectivity index (χ2n) is 1.53. The van der Waals surface area contributed by atoms with Crippen LogP contribution in [-0.4, -0.2) is 20.1 Å². The molecule has 0 spiro atoms. The molecule has 0 aromatic carbocycles. The summed E-state index contributed by atoms with van der Waals surface area (Å²) in [5, 5.41) is 5.00. The Morgan fingerprint density at radius 1 is 1.71 bits per heavy atom. The molecule has 0 saturated heterocycles. The smallest absolute Gasteiger partial charge is 0.0527 e. The molecule has 0 bridgehead atoms. The lowest BCUT2D eigenvalue weighted by molar-refractivity contribution is -0.595. The van der Waals surface area contributed by atoms with Gasteiger partial charge in [0.25, 0.3) is 0 Å². The van der Waals surface area contributed by atoms with Crippen molar-refractivity contribution in [3.8, 4) is 0 Å². The molecule has 2 nitrogen and oxygen atoms in total. The Hall–Kier alpha value is -0.0800. The molecule has 3 N–H and O–H groups in total. The van der Waals surface area contributed by atoms with E-state index in [4.69, 9.17) is 0 Å². The summed E-state index contributed by atoms with van der Waals surface area (Å²) >= 11 is 0. The van der Waals surface area contributed by atoms with Gasteiger partial charge in [-0.1, -0.05) is 0 Å². The second kappa shape index (κ2) is 5.92. The minimum atomic E-state index is 1.10. The van der Waals surface area contributed by atoms with Gasteiger partial charge in [-0.2, -0.15) is 7.05 Å². The van der Waals surface area contributed by atoms with Crippen LogP contribution in [0.5, 0.6) is 0 Å². The maximum atomic E-state index is 3.60. The van der Waals surface area contributed by atoms with Gasteiger partial charge in [0.1, 0.15) is 0 Å². The molecule has 2 heteroatoms. The third-order valence-electron chi connectivity index (χ3n) is 0.835. The second-order valence-corrected chi connectivity index (χ2v) is 1.53. The monoisotopic (exact) mass is 102 g/mol. The highest BCUT2D eigenvalue weighted by atomic mass is 14.8. The van der Waals surface area contributed by atoms with E-state index in [1.165, 1.54) is 6.42 Å². The number of hydrogen-bond acceptors (Lipinski definition) is 1. The molecular weight excluding hydrogens is 88.1 g/mol. The molecule has 0 radical (unpaired) electrons. The summed E-state index contributed by atoms with van der Waals surface area (Å²) in [5.41, 5.74) is 0. The molecule has 0 saturated carbocycles. The summed E-state index contributed by atoms with van der Waals surface area (Å²) in [7, 11) is 5.57. The molecule has 0 aliphatic rings. The Labute approximate surface area is 45.3 Å². The van der Waals surface area contributed by atoms with Crippen molar-refractivity contribution in [1.29, 1.82) is 0 Å². The molecular formula is C5H14N2. The summed E-state index contributed by atoms with van der Waals surface area (Å²) < 4.78 is 0. The molecule has 0 aromatic heterocycles. The molecule has 0 aliphatic carbocycles. The van der Waals surface area contributed by atoms with E-state index in [0.29, 0.717) is 0 Å². The van der Waals surface area contributed by atoms with Crippen molar-refractivity contribution in [1.82, 2.24) is 5.32 Å². The highest BCUT2D eigenvalue weighted by Gasteiger charge is 1.78. The molecule has 0 heterocycles. The first-order chi connectivity index (χ1) is 3.41. The van der Waals surface area contributed by atoms with Crippen LogP contribution in [0.3, 0.4) is 0 Å². The number of nitrogens with two attached hydrogens (primary N) is 1. The van der Waals surface area contributed by atoms with Crippen molar-refractivity contribution in [3.05, 3.63) is 7.05 Å². The largest absolute Gasteiger partial charge is 0.479 e. The summed E-state index contributed by atoms with van der Waals surface area (Å²) in [6.07, 6.45) is 1.21. The molecule has 0 atom stereocenters. The van der Waals surface area contributed by atoms with Gasteiger partial charge >= 0.3 is 0 Å². The zero-order valence-electron chi connectivity index (χ0n) is 4.91. The quantitative estimate of drug-likeness (QED) is 0.344.